The molecule has 5 N–H and O–H groups in total. The number of hydrogen-bond donors (Lipinski definition) is 5. The van der Waals surface area contributed by atoms with Crippen LogP contribution in [0.3, 0.4) is 0 Å². The molecule has 0 aliphatic carbocycles. The van der Waals surface area contributed by atoms with Gasteiger partial charge in [0.25, 0.3) is 10.1 Å². The number of aliphatic hydroxyl groups is 2. The van der Waals surface area contributed by atoms with Gasteiger partial charge in [0.15, 0.2) is 0 Å². The van der Waals surface area contributed by atoms with Crippen molar-refractivity contribution in [2.45, 2.75) is 37.5 Å². The van der Waals surface area contributed by atoms with Crippen molar-refractivity contribution in [1.82, 2.24) is 15.5 Å². The van der Waals surface area contributed by atoms with Crippen LogP contribution in [0.4, 0.5) is 0 Å². The highest BCUT2D eigenvalue weighted by Crippen LogP contribution is 2.09. The average molecular weight is 390 g/mol. The van der Waals surface area contributed by atoms with Crippen LogP contribution in [0.15, 0.2) is 29.2 Å². The van der Waals surface area contributed by atoms with Crippen LogP contribution in [0.1, 0.15) is 19.4 Å². The van der Waals surface area contributed by atoms with Crippen molar-refractivity contribution < 1.29 is 23.2 Å². The van der Waals surface area contributed by atoms with Gasteiger partial charge in [-0.05, 0) is 31.5 Å². The predicted molar refractivity (Wildman–Crippen MR) is 101 cm³/mol. The molecule has 1 aromatic carbocycles. The van der Waals surface area contributed by atoms with Crippen molar-refractivity contribution in [3.63, 3.8) is 0 Å². The van der Waals surface area contributed by atoms with Gasteiger partial charge in [-0.15, -0.1) is 0 Å². The van der Waals surface area contributed by atoms with Gasteiger partial charge in [-0.3, -0.25) is 9.45 Å². The number of nitrogens with zero attached hydrogens (tertiary/aromatic N) is 1. The molecule has 1 rings (SSSR count). The topological polar surface area (TPSA) is 122 Å². The summed E-state index contributed by atoms with van der Waals surface area (Å²) < 4.78 is 31.0. The Morgan fingerprint density at radius 1 is 1.00 bits per heavy atom. The van der Waals surface area contributed by atoms with Gasteiger partial charge in [-0.1, -0.05) is 12.1 Å². The molecule has 2 atom stereocenters. The Labute approximate surface area is 156 Å². The number of benzene rings is 1. The Bertz CT molecular complexity index is 605. The highest BCUT2D eigenvalue weighted by Gasteiger charge is 2.09. The van der Waals surface area contributed by atoms with Crippen LogP contribution < -0.4 is 10.6 Å². The highest BCUT2D eigenvalue weighted by atomic mass is 32.2. The second-order valence-corrected chi connectivity index (χ2v) is 7.92. The molecular weight excluding hydrogens is 358 g/mol. The lowest BCUT2D eigenvalue weighted by Gasteiger charge is -2.24. The molecule has 0 fully saturated rings. The maximum atomic E-state index is 11.0. The Hall–Kier alpha value is -1.07. The Kier molecular flexibility index (Phi) is 10.3. The van der Waals surface area contributed by atoms with Crippen LogP contribution in [0.25, 0.3) is 0 Å². The molecule has 0 radical (unpaired) electrons. The maximum absolute atomic E-state index is 11.0. The van der Waals surface area contributed by atoms with E-state index in [1.165, 1.54) is 12.1 Å². The molecule has 0 aliphatic heterocycles. The van der Waals surface area contributed by atoms with Gasteiger partial charge in [0.05, 0.1) is 17.1 Å². The molecule has 1 aromatic rings. The molecule has 9 heteroatoms. The summed E-state index contributed by atoms with van der Waals surface area (Å²) in [6.45, 7) is 8.13. The second kappa shape index (κ2) is 11.6. The van der Waals surface area contributed by atoms with Gasteiger partial charge >= 0.3 is 0 Å². The zero-order valence-corrected chi connectivity index (χ0v) is 16.2. The third-order valence-electron chi connectivity index (χ3n) is 3.72. The fourth-order valence-corrected chi connectivity index (χ4v) is 2.95. The summed E-state index contributed by atoms with van der Waals surface area (Å²) in [6.07, 6.45) is -0.797. The summed E-state index contributed by atoms with van der Waals surface area (Å²) in [5, 5.41) is 25.3. The second-order valence-electron chi connectivity index (χ2n) is 6.50. The van der Waals surface area contributed by atoms with Crippen LogP contribution in [-0.4, -0.2) is 79.6 Å². The molecule has 0 amide bonds. The largest absolute Gasteiger partial charge is 0.392 e. The van der Waals surface area contributed by atoms with Crippen LogP contribution in [0.2, 0.25) is 0 Å². The third kappa shape index (κ3) is 10.2. The first-order valence-corrected chi connectivity index (χ1v) is 10.2. The lowest BCUT2D eigenvalue weighted by molar-refractivity contribution is 0.125. The summed E-state index contributed by atoms with van der Waals surface area (Å²) in [5.74, 6) is 0. The van der Waals surface area contributed by atoms with Crippen molar-refractivity contribution in [2.24, 2.45) is 0 Å². The SMILES string of the molecule is CC(O)CNCCN(CCNCc1ccc(S(=O)(=O)O)cc1)CC(C)O. The smallest absolute Gasteiger partial charge is 0.294 e. The third-order valence-corrected chi connectivity index (χ3v) is 4.59. The van der Waals surface area contributed by atoms with E-state index < -0.39 is 16.2 Å². The molecule has 0 bridgehead atoms. The van der Waals surface area contributed by atoms with Crippen molar-refractivity contribution in [1.29, 1.82) is 0 Å². The minimum Gasteiger partial charge on any atom is -0.392 e. The van der Waals surface area contributed by atoms with E-state index in [0.717, 1.165) is 25.2 Å². The normalized spacial score (nSPS) is 14.5. The van der Waals surface area contributed by atoms with Crippen LogP contribution >= 0.6 is 0 Å². The molecular formula is C17H31N3O5S. The summed E-state index contributed by atoms with van der Waals surface area (Å²) in [5.41, 5.74) is 0.915. The highest BCUT2D eigenvalue weighted by molar-refractivity contribution is 7.85. The molecule has 0 saturated carbocycles. The van der Waals surface area contributed by atoms with Gasteiger partial charge in [-0.2, -0.15) is 8.42 Å². The summed E-state index contributed by atoms with van der Waals surface area (Å²) >= 11 is 0. The minimum atomic E-state index is -4.16. The molecule has 0 spiro atoms. The Morgan fingerprint density at radius 3 is 2.08 bits per heavy atom. The van der Waals surface area contributed by atoms with Crippen molar-refractivity contribution in [2.75, 3.05) is 39.3 Å². The molecule has 0 saturated heterocycles. The Morgan fingerprint density at radius 2 is 1.58 bits per heavy atom. The van der Waals surface area contributed by atoms with Gasteiger partial charge in [0, 0.05) is 45.8 Å². The van der Waals surface area contributed by atoms with Gasteiger partial charge in [0.2, 0.25) is 0 Å². The van der Waals surface area contributed by atoms with Crippen molar-refractivity contribution in [3.05, 3.63) is 29.8 Å². The fraction of sp³-hybridized carbons (Fsp3) is 0.647. The molecule has 0 heterocycles. The fourth-order valence-electron chi connectivity index (χ4n) is 2.47. The molecule has 0 aliphatic rings. The van der Waals surface area contributed by atoms with E-state index in [4.69, 9.17) is 4.55 Å². The lowest BCUT2D eigenvalue weighted by Crippen LogP contribution is -2.41. The van der Waals surface area contributed by atoms with Crippen LogP contribution in [0.5, 0.6) is 0 Å². The first-order valence-electron chi connectivity index (χ1n) is 8.75. The van der Waals surface area contributed by atoms with E-state index >= 15 is 0 Å². The quantitative estimate of drug-likeness (QED) is 0.230. The predicted octanol–water partition coefficient (Wildman–Crippen LogP) is -0.324. The number of rotatable bonds is 13. The standard InChI is InChI=1S/C17H31N3O5S/c1-14(21)11-18-7-9-20(13-15(2)22)10-8-19-12-16-3-5-17(6-4-16)26(23,24)25/h3-6,14-15,18-19,21-22H,7-13H2,1-2H3,(H,23,24,25). The summed E-state index contributed by atoms with van der Waals surface area (Å²) in [6, 6.07) is 6.06. The average Bonchev–Trinajstić information content (AvgIpc) is 2.54. The van der Waals surface area contributed by atoms with Gasteiger partial charge in [-0.25, -0.2) is 0 Å². The first-order chi connectivity index (χ1) is 12.2. The molecule has 8 nitrogen and oxygen atoms in total. The van der Waals surface area contributed by atoms with Crippen LogP contribution in [-0.2, 0) is 16.7 Å². The molecule has 0 aromatic heterocycles. The number of hydrogen-bond acceptors (Lipinski definition) is 7. The lowest BCUT2D eigenvalue weighted by atomic mass is 10.2. The van der Waals surface area contributed by atoms with Gasteiger partial charge < -0.3 is 20.8 Å². The van der Waals surface area contributed by atoms with Gasteiger partial charge in [0.1, 0.15) is 0 Å². The number of aliphatic hydroxyl groups excluding tert-OH is 2. The van der Waals surface area contributed by atoms with E-state index in [0.29, 0.717) is 26.2 Å². The maximum Gasteiger partial charge on any atom is 0.294 e. The first kappa shape index (κ1) is 23.0. The van der Waals surface area contributed by atoms with E-state index in [1.807, 2.05) is 0 Å². The van der Waals surface area contributed by atoms with Crippen molar-refractivity contribution >= 4 is 10.1 Å². The van der Waals surface area contributed by atoms with E-state index in [9.17, 15) is 18.6 Å². The molecule has 2 unspecified atom stereocenters. The van der Waals surface area contributed by atoms with Crippen molar-refractivity contribution in [3.8, 4) is 0 Å². The Balaban J connectivity index is 2.34. The molecule has 150 valence electrons. The minimum absolute atomic E-state index is 0.117. The zero-order chi connectivity index (χ0) is 19.6. The van der Waals surface area contributed by atoms with E-state index in [2.05, 4.69) is 15.5 Å². The van der Waals surface area contributed by atoms with E-state index in [-0.39, 0.29) is 11.0 Å². The van der Waals surface area contributed by atoms with Crippen LogP contribution in [0, 0.1) is 0 Å². The summed E-state index contributed by atoms with van der Waals surface area (Å²) in [4.78, 5) is 2.02. The molecule has 26 heavy (non-hydrogen) atoms. The summed E-state index contributed by atoms with van der Waals surface area (Å²) in [7, 11) is -4.16. The van der Waals surface area contributed by atoms with E-state index in [1.54, 1.807) is 26.0 Å². The number of nitrogens with one attached hydrogen (secondary N) is 2. The zero-order valence-electron chi connectivity index (χ0n) is 15.4. The monoisotopic (exact) mass is 389 g/mol.